The molecule has 0 bridgehead atoms. The second kappa shape index (κ2) is 8.78. The molecule has 0 aliphatic carbocycles. The summed E-state index contributed by atoms with van der Waals surface area (Å²) in [5, 5.41) is 0. The van der Waals surface area contributed by atoms with Gasteiger partial charge < -0.3 is 14.1 Å². The first-order valence-electron chi connectivity index (χ1n) is 10.5. The van der Waals surface area contributed by atoms with Gasteiger partial charge in [-0.15, -0.1) is 0 Å². The number of benzene rings is 2. The number of nitrogens with zero attached hydrogens (tertiary/aromatic N) is 3. The number of furan rings is 1. The summed E-state index contributed by atoms with van der Waals surface area (Å²) in [5.74, 6) is 2.38. The van der Waals surface area contributed by atoms with E-state index in [1.807, 2.05) is 54.6 Å². The van der Waals surface area contributed by atoms with Crippen molar-refractivity contribution in [3.8, 4) is 17.1 Å². The average Bonchev–Trinajstić information content (AvgIpc) is 3.37. The van der Waals surface area contributed by atoms with Gasteiger partial charge in [-0.1, -0.05) is 6.07 Å². The van der Waals surface area contributed by atoms with Crippen LogP contribution in [0.3, 0.4) is 0 Å². The van der Waals surface area contributed by atoms with E-state index in [-0.39, 0.29) is 11.6 Å². The zero-order valence-electron chi connectivity index (χ0n) is 18.8. The third-order valence-corrected chi connectivity index (χ3v) is 5.80. The molecule has 7 heteroatoms. The maximum atomic E-state index is 12.7. The number of amides is 1. The topological polar surface area (TPSA) is 69.6 Å². The van der Waals surface area contributed by atoms with E-state index in [1.54, 1.807) is 42.3 Å². The molecule has 4 aromatic rings. The Kier molecular flexibility index (Phi) is 5.90. The molecule has 0 N–H and O–H groups in total. The van der Waals surface area contributed by atoms with Gasteiger partial charge in [-0.3, -0.25) is 13.9 Å². The van der Waals surface area contributed by atoms with Gasteiger partial charge in [0.15, 0.2) is 0 Å². The Labute approximate surface area is 186 Å². The summed E-state index contributed by atoms with van der Waals surface area (Å²) in [6.07, 6.45) is 0.893. The zero-order chi connectivity index (χ0) is 22.8. The molecule has 0 saturated heterocycles. The van der Waals surface area contributed by atoms with Gasteiger partial charge in [0, 0.05) is 46.1 Å². The molecular formula is C25H27N3O4. The van der Waals surface area contributed by atoms with Gasteiger partial charge in [0.05, 0.1) is 18.1 Å². The maximum Gasteiger partial charge on any atom is 0.328 e. The summed E-state index contributed by atoms with van der Waals surface area (Å²) in [6, 6.07) is 17.4. The van der Waals surface area contributed by atoms with E-state index in [1.165, 1.54) is 0 Å². The van der Waals surface area contributed by atoms with Crippen molar-refractivity contribution in [2.75, 3.05) is 14.2 Å². The lowest BCUT2D eigenvalue weighted by Crippen LogP contribution is -2.26. The molecule has 0 aliphatic heterocycles. The van der Waals surface area contributed by atoms with Gasteiger partial charge >= 0.3 is 5.69 Å². The molecule has 2 aromatic carbocycles. The van der Waals surface area contributed by atoms with Crippen LogP contribution in [0.25, 0.3) is 22.4 Å². The number of fused-ring (bicyclic) bond motifs is 1. The zero-order valence-corrected chi connectivity index (χ0v) is 18.8. The molecule has 166 valence electrons. The van der Waals surface area contributed by atoms with E-state index in [9.17, 15) is 9.59 Å². The summed E-state index contributed by atoms with van der Waals surface area (Å²) in [6.45, 7) is 0.479. The normalized spacial score (nSPS) is 11.1. The first kappa shape index (κ1) is 21.5. The molecule has 0 fully saturated rings. The van der Waals surface area contributed by atoms with Crippen molar-refractivity contribution in [2.24, 2.45) is 14.1 Å². The lowest BCUT2D eigenvalue weighted by atomic mass is 10.1. The maximum absolute atomic E-state index is 12.7. The minimum absolute atomic E-state index is 0.0365. The molecule has 0 unspecified atom stereocenters. The van der Waals surface area contributed by atoms with E-state index in [0.717, 1.165) is 39.4 Å². The highest BCUT2D eigenvalue weighted by molar-refractivity contribution is 5.78. The average molecular weight is 434 g/mol. The second-order valence-electron chi connectivity index (χ2n) is 7.97. The van der Waals surface area contributed by atoms with Gasteiger partial charge in [0.25, 0.3) is 0 Å². The predicted octanol–water partition coefficient (Wildman–Crippen LogP) is 3.74. The number of methoxy groups -OCH3 is 1. The number of ether oxygens (including phenoxy) is 1. The molecule has 0 saturated carbocycles. The molecule has 0 atom stereocenters. The summed E-state index contributed by atoms with van der Waals surface area (Å²) in [5.41, 5.74) is 3.62. The number of hydrogen-bond donors (Lipinski definition) is 0. The number of imidazole rings is 1. The fourth-order valence-corrected chi connectivity index (χ4v) is 3.86. The number of aromatic nitrogens is 2. The molecule has 2 heterocycles. The van der Waals surface area contributed by atoms with Crippen molar-refractivity contribution in [1.29, 1.82) is 0 Å². The van der Waals surface area contributed by atoms with Crippen LogP contribution in [0.15, 0.2) is 63.8 Å². The highest BCUT2D eigenvalue weighted by atomic mass is 16.5. The van der Waals surface area contributed by atoms with E-state index in [0.29, 0.717) is 19.4 Å². The number of carbonyl (C=O) groups excluding carboxylic acids is 1. The summed E-state index contributed by atoms with van der Waals surface area (Å²) >= 11 is 0. The molecule has 0 spiro atoms. The number of hydrogen-bond acceptors (Lipinski definition) is 4. The summed E-state index contributed by atoms with van der Waals surface area (Å²) in [7, 11) is 6.94. The van der Waals surface area contributed by atoms with E-state index < -0.39 is 0 Å². The number of carbonyl (C=O) groups is 1. The Morgan fingerprint density at radius 3 is 2.44 bits per heavy atom. The third-order valence-electron chi connectivity index (χ3n) is 5.80. The number of aryl methyl sites for hydroxylation is 3. The lowest BCUT2D eigenvalue weighted by Gasteiger charge is -2.17. The van der Waals surface area contributed by atoms with E-state index >= 15 is 0 Å². The Bertz CT molecular complexity index is 1310. The van der Waals surface area contributed by atoms with Crippen molar-refractivity contribution in [1.82, 2.24) is 14.0 Å². The molecule has 2 aromatic heterocycles. The van der Waals surface area contributed by atoms with E-state index in [4.69, 9.17) is 9.15 Å². The van der Waals surface area contributed by atoms with Crippen LogP contribution >= 0.6 is 0 Å². The Hall–Kier alpha value is -3.74. The highest BCUT2D eigenvalue weighted by Gasteiger charge is 2.14. The quantitative estimate of drug-likeness (QED) is 0.445. The molecule has 4 rings (SSSR count). The van der Waals surface area contributed by atoms with Crippen molar-refractivity contribution >= 4 is 16.9 Å². The van der Waals surface area contributed by atoms with Crippen LogP contribution in [0.2, 0.25) is 0 Å². The smallest absolute Gasteiger partial charge is 0.328 e. The fourth-order valence-electron chi connectivity index (χ4n) is 3.86. The van der Waals surface area contributed by atoms with Crippen LogP contribution in [0, 0.1) is 0 Å². The number of rotatable bonds is 7. The van der Waals surface area contributed by atoms with Crippen LogP contribution in [0.5, 0.6) is 5.75 Å². The van der Waals surface area contributed by atoms with Crippen LogP contribution in [0.1, 0.15) is 17.7 Å². The van der Waals surface area contributed by atoms with Gasteiger partial charge in [0.1, 0.15) is 17.3 Å². The van der Waals surface area contributed by atoms with Crippen LogP contribution < -0.4 is 10.4 Å². The first-order chi connectivity index (χ1) is 15.4. The van der Waals surface area contributed by atoms with Crippen molar-refractivity contribution in [3.05, 3.63) is 76.4 Å². The Morgan fingerprint density at radius 1 is 1.00 bits per heavy atom. The molecule has 1 amide bonds. The SMILES string of the molecule is COc1ccc(-c2ccc(CCC(=O)N(C)Cc3ccc4c(c3)n(C)c(=O)n4C)o2)cc1. The van der Waals surface area contributed by atoms with Crippen LogP contribution in [-0.4, -0.2) is 34.1 Å². The van der Waals surface area contributed by atoms with Gasteiger partial charge in [0.2, 0.25) is 5.91 Å². The van der Waals surface area contributed by atoms with Gasteiger partial charge in [-0.2, -0.15) is 0 Å². The third kappa shape index (κ3) is 4.19. The minimum Gasteiger partial charge on any atom is -0.497 e. The molecule has 7 nitrogen and oxygen atoms in total. The minimum atomic E-state index is -0.0611. The Morgan fingerprint density at radius 2 is 1.72 bits per heavy atom. The standard InChI is InChI=1S/C25H27N3O4/c1-26(16-17-5-12-21-22(15-17)28(3)25(30)27(21)2)24(29)14-11-20-10-13-23(32-20)18-6-8-19(31-4)9-7-18/h5-10,12-13,15H,11,14,16H2,1-4H3. The Balaban J connectivity index is 1.37. The second-order valence-corrected chi connectivity index (χ2v) is 7.97. The van der Waals surface area contributed by atoms with Gasteiger partial charge in [-0.25, -0.2) is 4.79 Å². The largest absolute Gasteiger partial charge is 0.497 e. The first-order valence-corrected chi connectivity index (χ1v) is 10.5. The van der Waals surface area contributed by atoms with Crippen LogP contribution in [0.4, 0.5) is 0 Å². The van der Waals surface area contributed by atoms with Crippen molar-refractivity contribution < 1.29 is 13.9 Å². The lowest BCUT2D eigenvalue weighted by molar-refractivity contribution is -0.130. The van der Waals surface area contributed by atoms with Crippen molar-refractivity contribution in [2.45, 2.75) is 19.4 Å². The summed E-state index contributed by atoms with van der Waals surface area (Å²) in [4.78, 5) is 26.5. The molecular weight excluding hydrogens is 406 g/mol. The highest BCUT2D eigenvalue weighted by Crippen LogP contribution is 2.25. The molecule has 0 aliphatic rings. The van der Waals surface area contributed by atoms with Crippen LogP contribution in [-0.2, 0) is 31.9 Å². The van der Waals surface area contributed by atoms with Gasteiger partial charge in [-0.05, 0) is 54.1 Å². The summed E-state index contributed by atoms with van der Waals surface area (Å²) < 4.78 is 14.4. The fraction of sp³-hybridized carbons (Fsp3) is 0.280. The molecule has 32 heavy (non-hydrogen) atoms. The monoisotopic (exact) mass is 433 g/mol. The van der Waals surface area contributed by atoms with Crippen molar-refractivity contribution in [3.63, 3.8) is 0 Å². The molecule has 0 radical (unpaired) electrons. The van der Waals surface area contributed by atoms with E-state index in [2.05, 4.69) is 0 Å². The predicted molar refractivity (Wildman–Crippen MR) is 124 cm³/mol.